The van der Waals surface area contributed by atoms with Crippen molar-refractivity contribution in [3.05, 3.63) is 93.7 Å². The molecule has 0 N–H and O–H groups in total. The van der Waals surface area contributed by atoms with Crippen LogP contribution in [0.15, 0.2) is 82.7 Å². The molecule has 1 atom stereocenters. The standard InChI is InChI=1S/C24H19ClN4O2S/c1-15(18-7-3-5-9-20(18)25)32-24-27-26-23-28(16-11-13-17(31-2)14-12-16)22(30)19-8-4-6-10-21(19)29(23)24/h3-15H,1-2H3. The van der Waals surface area contributed by atoms with Crippen molar-refractivity contribution in [1.29, 1.82) is 0 Å². The van der Waals surface area contributed by atoms with Crippen LogP contribution in [0.2, 0.25) is 5.02 Å². The number of halogens is 1. The summed E-state index contributed by atoms with van der Waals surface area (Å²) in [4.78, 5) is 13.4. The number of hydrogen-bond acceptors (Lipinski definition) is 5. The molecule has 2 heterocycles. The maximum absolute atomic E-state index is 13.4. The summed E-state index contributed by atoms with van der Waals surface area (Å²) < 4.78 is 8.77. The summed E-state index contributed by atoms with van der Waals surface area (Å²) in [5, 5.41) is 10.9. The molecule has 160 valence electrons. The highest BCUT2D eigenvalue weighted by molar-refractivity contribution is 7.99. The minimum absolute atomic E-state index is 0.0382. The van der Waals surface area contributed by atoms with Gasteiger partial charge in [0.05, 0.1) is 23.7 Å². The maximum Gasteiger partial charge on any atom is 0.267 e. The number of fused-ring (bicyclic) bond motifs is 3. The molecule has 0 bridgehead atoms. The number of methoxy groups -OCH3 is 1. The Bertz CT molecular complexity index is 1490. The monoisotopic (exact) mass is 462 g/mol. The molecule has 32 heavy (non-hydrogen) atoms. The largest absolute Gasteiger partial charge is 0.497 e. The van der Waals surface area contributed by atoms with E-state index < -0.39 is 0 Å². The molecule has 8 heteroatoms. The van der Waals surface area contributed by atoms with Gasteiger partial charge in [-0.05, 0) is 55.0 Å². The van der Waals surface area contributed by atoms with E-state index in [2.05, 4.69) is 17.1 Å². The van der Waals surface area contributed by atoms with E-state index in [9.17, 15) is 4.79 Å². The first-order valence-corrected chi connectivity index (χ1v) is 11.3. The Morgan fingerprint density at radius 1 is 0.969 bits per heavy atom. The smallest absolute Gasteiger partial charge is 0.267 e. The minimum Gasteiger partial charge on any atom is -0.497 e. The number of para-hydroxylation sites is 1. The summed E-state index contributed by atoms with van der Waals surface area (Å²) in [5.74, 6) is 1.16. The lowest BCUT2D eigenvalue weighted by atomic mass is 10.2. The van der Waals surface area contributed by atoms with E-state index in [1.54, 1.807) is 23.4 Å². The molecule has 0 saturated heterocycles. The number of thioether (sulfide) groups is 1. The zero-order valence-electron chi connectivity index (χ0n) is 17.4. The van der Waals surface area contributed by atoms with Crippen LogP contribution in [0.3, 0.4) is 0 Å². The van der Waals surface area contributed by atoms with Crippen molar-refractivity contribution in [3.8, 4) is 11.4 Å². The Labute approximate surface area is 193 Å². The first-order chi connectivity index (χ1) is 15.6. The van der Waals surface area contributed by atoms with Gasteiger partial charge in [0.15, 0.2) is 5.16 Å². The van der Waals surface area contributed by atoms with Crippen molar-refractivity contribution in [3.63, 3.8) is 0 Å². The maximum atomic E-state index is 13.4. The van der Waals surface area contributed by atoms with E-state index in [0.717, 1.165) is 11.1 Å². The molecule has 2 aromatic heterocycles. The topological polar surface area (TPSA) is 61.4 Å². The van der Waals surface area contributed by atoms with E-state index in [-0.39, 0.29) is 10.8 Å². The lowest BCUT2D eigenvalue weighted by Gasteiger charge is -2.14. The molecule has 3 aromatic carbocycles. The fraction of sp³-hybridized carbons (Fsp3) is 0.125. The van der Waals surface area contributed by atoms with Gasteiger partial charge in [-0.3, -0.25) is 9.20 Å². The second-order valence-corrected chi connectivity index (χ2v) is 8.97. The molecular weight excluding hydrogens is 444 g/mol. The van der Waals surface area contributed by atoms with Gasteiger partial charge in [-0.1, -0.05) is 53.7 Å². The lowest BCUT2D eigenvalue weighted by molar-refractivity contribution is 0.414. The Morgan fingerprint density at radius 2 is 1.69 bits per heavy atom. The van der Waals surface area contributed by atoms with Crippen LogP contribution in [0.1, 0.15) is 17.7 Å². The van der Waals surface area contributed by atoms with Crippen molar-refractivity contribution >= 4 is 40.0 Å². The van der Waals surface area contributed by atoms with Crippen LogP contribution in [0.25, 0.3) is 22.4 Å². The Balaban J connectivity index is 1.72. The molecule has 1 unspecified atom stereocenters. The van der Waals surface area contributed by atoms with Gasteiger partial charge in [-0.25, -0.2) is 4.57 Å². The van der Waals surface area contributed by atoms with E-state index >= 15 is 0 Å². The first kappa shape index (κ1) is 20.6. The molecule has 0 aliphatic heterocycles. The first-order valence-electron chi connectivity index (χ1n) is 10.0. The van der Waals surface area contributed by atoms with Gasteiger partial charge in [0.25, 0.3) is 5.56 Å². The molecule has 0 aliphatic rings. The number of aromatic nitrogens is 4. The number of rotatable bonds is 5. The van der Waals surface area contributed by atoms with Crippen LogP contribution in [0.4, 0.5) is 0 Å². The predicted octanol–water partition coefficient (Wildman–Crippen LogP) is 5.55. The van der Waals surface area contributed by atoms with E-state index in [4.69, 9.17) is 16.3 Å². The highest BCUT2D eigenvalue weighted by Gasteiger charge is 2.20. The summed E-state index contributed by atoms with van der Waals surface area (Å²) in [6, 6.07) is 22.6. The summed E-state index contributed by atoms with van der Waals surface area (Å²) in [7, 11) is 1.61. The third kappa shape index (κ3) is 3.43. The van der Waals surface area contributed by atoms with Gasteiger partial charge < -0.3 is 4.74 Å². The third-order valence-corrected chi connectivity index (χ3v) is 6.78. The molecular formula is C24H19ClN4O2S. The van der Waals surface area contributed by atoms with Gasteiger partial charge in [0.1, 0.15) is 5.75 Å². The quantitative estimate of drug-likeness (QED) is 0.320. The van der Waals surface area contributed by atoms with Gasteiger partial charge in [0, 0.05) is 10.3 Å². The summed E-state index contributed by atoms with van der Waals surface area (Å²) in [5.41, 5.74) is 2.32. The molecule has 0 amide bonds. The average Bonchev–Trinajstić information content (AvgIpc) is 3.23. The number of nitrogens with zero attached hydrogens (tertiary/aromatic N) is 4. The molecule has 5 rings (SSSR count). The molecule has 0 fully saturated rings. The fourth-order valence-electron chi connectivity index (χ4n) is 3.75. The van der Waals surface area contributed by atoms with E-state index in [1.165, 1.54) is 0 Å². The SMILES string of the molecule is COc1ccc(-n2c(=O)c3ccccc3n3c(SC(C)c4ccccc4Cl)nnc23)cc1. The normalized spacial score (nSPS) is 12.3. The van der Waals surface area contributed by atoms with Crippen LogP contribution in [-0.2, 0) is 0 Å². The number of ether oxygens (including phenoxy) is 1. The van der Waals surface area contributed by atoms with Crippen molar-refractivity contribution in [2.45, 2.75) is 17.3 Å². The molecule has 0 spiro atoms. The van der Waals surface area contributed by atoms with Crippen LogP contribution >= 0.6 is 23.4 Å². The molecule has 0 radical (unpaired) electrons. The highest BCUT2D eigenvalue weighted by atomic mass is 35.5. The zero-order valence-corrected chi connectivity index (χ0v) is 19.0. The van der Waals surface area contributed by atoms with Crippen molar-refractivity contribution in [1.82, 2.24) is 19.2 Å². The van der Waals surface area contributed by atoms with Gasteiger partial charge in [0.2, 0.25) is 5.78 Å². The van der Waals surface area contributed by atoms with E-state index in [1.807, 2.05) is 77.2 Å². The van der Waals surface area contributed by atoms with Crippen LogP contribution in [0, 0.1) is 0 Å². The minimum atomic E-state index is -0.152. The Kier molecular flexibility index (Phi) is 5.36. The molecule has 0 aliphatic carbocycles. The van der Waals surface area contributed by atoms with Crippen LogP contribution in [0.5, 0.6) is 5.75 Å². The zero-order chi connectivity index (χ0) is 22.2. The Morgan fingerprint density at radius 3 is 2.44 bits per heavy atom. The Hall–Kier alpha value is -3.29. The van der Waals surface area contributed by atoms with Crippen LogP contribution < -0.4 is 10.3 Å². The predicted molar refractivity (Wildman–Crippen MR) is 128 cm³/mol. The highest BCUT2D eigenvalue weighted by Crippen LogP contribution is 2.37. The van der Waals surface area contributed by atoms with Crippen molar-refractivity contribution in [2.75, 3.05) is 7.11 Å². The average molecular weight is 463 g/mol. The second kappa shape index (κ2) is 8.33. The fourth-order valence-corrected chi connectivity index (χ4v) is 5.13. The van der Waals surface area contributed by atoms with Gasteiger partial charge >= 0.3 is 0 Å². The van der Waals surface area contributed by atoms with E-state index in [0.29, 0.717) is 32.8 Å². The second-order valence-electron chi connectivity index (χ2n) is 7.26. The van der Waals surface area contributed by atoms with Crippen molar-refractivity contribution in [2.24, 2.45) is 0 Å². The molecule has 6 nitrogen and oxygen atoms in total. The third-order valence-electron chi connectivity index (χ3n) is 5.35. The van der Waals surface area contributed by atoms with Gasteiger partial charge in [-0.2, -0.15) is 0 Å². The van der Waals surface area contributed by atoms with Crippen molar-refractivity contribution < 1.29 is 4.74 Å². The summed E-state index contributed by atoms with van der Waals surface area (Å²) >= 11 is 7.96. The van der Waals surface area contributed by atoms with Gasteiger partial charge in [-0.15, -0.1) is 10.2 Å². The number of benzene rings is 3. The lowest BCUT2D eigenvalue weighted by Crippen LogP contribution is -2.21. The number of hydrogen-bond donors (Lipinski definition) is 0. The summed E-state index contributed by atoms with van der Waals surface area (Å²) in [6.07, 6.45) is 0. The molecule has 5 aromatic rings. The molecule has 0 saturated carbocycles. The van der Waals surface area contributed by atoms with Crippen LogP contribution in [-0.4, -0.2) is 26.3 Å². The summed E-state index contributed by atoms with van der Waals surface area (Å²) in [6.45, 7) is 2.08.